The van der Waals surface area contributed by atoms with E-state index in [1.165, 1.54) is 0 Å². The molecule has 1 aliphatic rings. The molecule has 2 nitrogen and oxygen atoms in total. The van der Waals surface area contributed by atoms with E-state index in [1.54, 1.807) is 24.3 Å². The van der Waals surface area contributed by atoms with E-state index in [1.807, 2.05) is 0 Å². The summed E-state index contributed by atoms with van der Waals surface area (Å²) in [4.78, 5) is 10.8. The first-order chi connectivity index (χ1) is 8.56. The molecule has 0 aliphatic heterocycles. The Hall–Kier alpha value is -1.45. The van der Waals surface area contributed by atoms with Gasteiger partial charge >= 0.3 is 5.97 Å². The Kier molecular flexibility index (Phi) is 3.94. The molecule has 2 rings (SSSR count). The van der Waals surface area contributed by atoms with Crippen LogP contribution in [0.25, 0.3) is 0 Å². The number of halogens is 2. The highest BCUT2D eigenvalue weighted by atomic mass is 19.3. The van der Waals surface area contributed by atoms with E-state index in [0.717, 1.165) is 18.4 Å². The summed E-state index contributed by atoms with van der Waals surface area (Å²) in [5.74, 6) is -0.325. The Labute approximate surface area is 105 Å². The quantitative estimate of drug-likeness (QED) is 0.844. The van der Waals surface area contributed by atoms with Crippen molar-refractivity contribution < 1.29 is 18.7 Å². The molecule has 0 amide bonds. The van der Waals surface area contributed by atoms with Crippen molar-refractivity contribution in [3.05, 3.63) is 35.4 Å². The molecule has 1 saturated carbocycles. The zero-order valence-electron chi connectivity index (χ0n) is 9.98. The van der Waals surface area contributed by atoms with E-state index in [4.69, 9.17) is 5.11 Å². The van der Waals surface area contributed by atoms with Gasteiger partial charge in [-0.25, -0.2) is 8.78 Å². The summed E-state index contributed by atoms with van der Waals surface area (Å²) < 4.78 is 24.4. The number of benzene rings is 1. The van der Waals surface area contributed by atoms with E-state index >= 15 is 0 Å². The van der Waals surface area contributed by atoms with Gasteiger partial charge in [0.2, 0.25) is 6.43 Å². The van der Waals surface area contributed by atoms with Gasteiger partial charge in [-0.3, -0.25) is 4.79 Å². The number of carboxylic acids is 1. The average molecular weight is 254 g/mol. The first kappa shape index (κ1) is 13.0. The molecule has 1 aromatic rings. The summed E-state index contributed by atoms with van der Waals surface area (Å²) in [6.45, 7) is 0. The fourth-order valence-electron chi connectivity index (χ4n) is 2.32. The van der Waals surface area contributed by atoms with Gasteiger partial charge in [-0.05, 0) is 35.8 Å². The van der Waals surface area contributed by atoms with Gasteiger partial charge < -0.3 is 5.11 Å². The lowest BCUT2D eigenvalue weighted by Crippen LogP contribution is -2.08. The molecule has 1 unspecified atom stereocenters. The lowest BCUT2D eigenvalue weighted by molar-refractivity contribution is -0.137. The highest BCUT2D eigenvalue weighted by molar-refractivity contribution is 5.68. The molecule has 0 radical (unpaired) electrons. The zero-order chi connectivity index (χ0) is 13.1. The summed E-state index contributed by atoms with van der Waals surface area (Å²) in [5, 5.41) is 8.90. The van der Waals surface area contributed by atoms with Crippen molar-refractivity contribution in [1.29, 1.82) is 0 Å². The second kappa shape index (κ2) is 5.46. The first-order valence-corrected chi connectivity index (χ1v) is 6.15. The molecule has 98 valence electrons. The average Bonchev–Trinajstić information content (AvgIpc) is 3.10. The Bertz CT molecular complexity index is 410. The number of hydrogen-bond acceptors (Lipinski definition) is 1. The Morgan fingerprint density at radius 1 is 1.28 bits per heavy atom. The van der Waals surface area contributed by atoms with E-state index in [0.29, 0.717) is 11.5 Å². The minimum Gasteiger partial charge on any atom is -0.481 e. The summed E-state index contributed by atoms with van der Waals surface area (Å²) in [5.41, 5.74) is 1.55. The fourth-order valence-corrected chi connectivity index (χ4v) is 2.32. The number of hydrogen-bond donors (Lipinski definition) is 1. The van der Waals surface area contributed by atoms with Gasteiger partial charge in [0.25, 0.3) is 0 Å². The normalized spacial score (nSPS) is 16.8. The fraction of sp³-hybridized carbons (Fsp3) is 0.500. The molecule has 0 saturated heterocycles. The van der Waals surface area contributed by atoms with Crippen molar-refractivity contribution in [2.75, 3.05) is 0 Å². The van der Waals surface area contributed by atoms with Crippen LogP contribution in [-0.2, 0) is 11.2 Å². The van der Waals surface area contributed by atoms with Crippen LogP contribution in [0, 0.1) is 5.92 Å². The molecule has 0 heterocycles. The van der Waals surface area contributed by atoms with Crippen LogP contribution in [0.5, 0.6) is 0 Å². The zero-order valence-corrected chi connectivity index (χ0v) is 9.98. The highest BCUT2D eigenvalue weighted by Crippen LogP contribution is 2.44. The van der Waals surface area contributed by atoms with Crippen LogP contribution in [0.1, 0.15) is 36.3 Å². The molecule has 4 heteroatoms. The largest absolute Gasteiger partial charge is 0.481 e. The Balaban J connectivity index is 2.08. The van der Waals surface area contributed by atoms with Crippen LogP contribution in [-0.4, -0.2) is 17.5 Å². The first-order valence-electron chi connectivity index (χ1n) is 6.15. The summed E-state index contributed by atoms with van der Waals surface area (Å²) in [7, 11) is 0. The minimum absolute atomic E-state index is 0.0306. The number of rotatable bonds is 6. The van der Waals surface area contributed by atoms with Crippen LogP contribution >= 0.6 is 0 Å². The van der Waals surface area contributed by atoms with Gasteiger partial charge in [0.1, 0.15) is 0 Å². The van der Waals surface area contributed by atoms with Gasteiger partial charge in [0, 0.05) is 6.42 Å². The van der Waals surface area contributed by atoms with Gasteiger partial charge in [0.05, 0.1) is 6.42 Å². The van der Waals surface area contributed by atoms with E-state index in [-0.39, 0.29) is 18.8 Å². The molecule has 1 aliphatic carbocycles. The lowest BCUT2D eigenvalue weighted by atomic mass is 9.90. The number of carbonyl (C=O) groups is 1. The van der Waals surface area contributed by atoms with Crippen molar-refractivity contribution in [2.24, 2.45) is 5.92 Å². The monoisotopic (exact) mass is 254 g/mol. The minimum atomic E-state index is -2.34. The molecular weight excluding hydrogens is 238 g/mol. The molecule has 0 spiro atoms. The van der Waals surface area contributed by atoms with Crippen LogP contribution in [0.3, 0.4) is 0 Å². The standard InChI is InChI=1S/C14H16F2O2/c15-13(16)7-9-1-3-10(4-2-9)12(8-14(17)18)11-5-6-11/h1-4,11-13H,5-8H2,(H,17,18). The maximum absolute atomic E-state index is 12.2. The van der Waals surface area contributed by atoms with Crippen LogP contribution in [0.2, 0.25) is 0 Å². The van der Waals surface area contributed by atoms with Crippen molar-refractivity contribution >= 4 is 5.97 Å². The third kappa shape index (κ3) is 3.52. The predicted octanol–water partition coefficient (Wildman–Crippen LogP) is 3.46. The smallest absolute Gasteiger partial charge is 0.303 e. The number of aliphatic carboxylic acids is 1. The van der Waals surface area contributed by atoms with Crippen molar-refractivity contribution in [2.45, 2.75) is 38.0 Å². The number of alkyl halides is 2. The maximum atomic E-state index is 12.2. The predicted molar refractivity (Wildman–Crippen MR) is 63.9 cm³/mol. The van der Waals surface area contributed by atoms with Crippen LogP contribution in [0.4, 0.5) is 8.78 Å². The SMILES string of the molecule is O=C(O)CC(c1ccc(CC(F)F)cc1)C1CC1. The molecule has 18 heavy (non-hydrogen) atoms. The van der Waals surface area contributed by atoms with Crippen molar-refractivity contribution in [1.82, 2.24) is 0 Å². The second-order valence-corrected chi connectivity index (χ2v) is 4.88. The lowest BCUT2D eigenvalue weighted by Gasteiger charge is -2.14. The van der Waals surface area contributed by atoms with Crippen LogP contribution in [0.15, 0.2) is 24.3 Å². The van der Waals surface area contributed by atoms with Gasteiger partial charge in [0.15, 0.2) is 0 Å². The molecule has 1 aromatic carbocycles. The van der Waals surface area contributed by atoms with Gasteiger partial charge in [-0.2, -0.15) is 0 Å². The molecule has 0 bridgehead atoms. The van der Waals surface area contributed by atoms with E-state index in [2.05, 4.69) is 0 Å². The number of carboxylic acid groups (broad SMARTS) is 1. The third-order valence-corrected chi connectivity index (χ3v) is 3.38. The molecule has 1 atom stereocenters. The van der Waals surface area contributed by atoms with Crippen molar-refractivity contribution in [3.8, 4) is 0 Å². The third-order valence-electron chi connectivity index (χ3n) is 3.38. The summed E-state index contributed by atoms with van der Waals surface area (Å²) in [6.07, 6.45) is -0.325. The highest BCUT2D eigenvalue weighted by Gasteiger charge is 2.33. The molecule has 0 aromatic heterocycles. The van der Waals surface area contributed by atoms with Gasteiger partial charge in [-0.15, -0.1) is 0 Å². The molecule has 1 N–H and O–H groups in total. The molecule has 1 fully saturated rings. The van der Waals surface area contributed by atoms with Crippen molar-refractivity contribution in [3.63, 3.8) is 0 Å². The van der Waals surface area contributed by atoms with E-state index < -0.39 is 12.4 Å². The topological polar surface area (TPSA) is 37.3 Å². The Morgan fingerprint density at radius 3 is 2.33 bits per heavy atom. The molecular formula is C14H16F2O2. The van der Waals surface area contributed by atoms with Gasteiger partial charge in [-0.1, -0.05) is 24.3 Å². The summed E-state index contributed by atoms with van der Waals surface area (Å²) in [6, 6.07) is 6.95. The Morgan fingerprint density at radius 2 is 1.89 bits per heavy atom. The second-order valence-electron chi connectivity index (χ2n) is 4.88. The van der Waals surface area contributed by atoms with Crippen LogP contribution < -0.4 is 0 Å². The van der Waals surface area contributed by atoms with E-state index in [9.17, 15) is 13.6 Å². The summed E-state index contributed by atoms with van der Waals surface area (Å²) >= 11 is 0. The maximum Gasteiger partial charge on any atom is 0.303 e.